The number of guanidine groups is 1. The Kier molecular flexibility index (Phi) is 8.02. The molecule has 0 radical (unpaired) electrons. The molecule has 3 rings (SSSR count). The summed E-state index contributed by atoms with van der Waals surface area (Å²) in [6.45, 7) is 1.25. The van der Waals surface area contributed by atoms with Crippen LogP contribution in [0.2, 0.25) is 0 Å². The number of aliphatic imine (C=N–C) groups is 1. The summed E-state index contributed by atoms with van der Waals surface area (Å²) in [5.41, 5.74) is 3.86. The van der Waals surface area contributed by atoms with E-state index in [-0.39, 0.29) is 24.0 Å². The molecule has 0 unspecified atom stereocenters. The minimum atomic E-state index is 0. The summed E-state index contributed by atoms with van der Waals surface area (Å²) in [7, 11) is 3.73. The van der Waals surface area contributed by atoms with Gasteiger partial charge in [0.25, 0.3) is 0 Å². The molecule has 0 saturated carbocycles. The minimum absolute atomic E-state index is 0. The van der Waals surface area contributed by atoms with E-state index in [4.69, 9.17) is 5.26 Å². The van der Waals surface area contributed by atoms with E-state index < -0.39 is 0 Å². The molecule has 0 aliphatic rings. The lowest BCUT2D eigenvalue weighted by molar-refractivity contribution is 0.464. The second-order valence-corrected chi connectivity index (χ2v) is 6.18. The van der Waals surface area contributed by atoms with Crippen molar-refractivity contribution in [2.45, 2.75) is 13.1 Å². The maximum Gasteiger partial charge on any atom is 0.194 e. The van der Waals surface area contributed by atoms with Crippen molar-refractivity contribution in [3.05, 3.63) is 77.7 Å². The summed E-state index contributed by atoms with van der Waals surface area (Å²) in [5, 5.41) is 12.2. The molecule has 0 spiro atoms. The fourth-order valence-electron chi connectivity index (χ4n) is 2.77. The third-order valence-electron chi connectivity index (χ3n) is 4.21. The summed E-state index contributed by atoms with van der Waals surface area (Å²) in [5.74, 6) is 1.65. The second-order valence-electron chi connectivity index (χ2n) is 6.18. The summed E-state index contributed by atoms with van der Waals surface area (Å²) < 4.78 is 0. The van der Waals surface area contributed by atoms with Gasteiger partial charge in [-0.3, -0.25) is 4.99 Å². The summed E-state index contributed by atoms with van der Waals surface area (Å²) in [4.78, 5) is 14.2. The third-order valence-corrected chi connectivity index (χ3v) is 4.21. The van der Waals surface area contributed by atoms with E-state index in [9.17, 15) is 0 Å². The molecule has 0 aliphatic heterocycles. The Morgan fingerprint density at radius 2 is 1.89 bits per heavy atom. The Labute approximate surface area is 182 Å². The van der Waals surface area contributed by atoms with E-state index in [1.165, 1.54) is 0 Å². The van der Waals surface area contributed by atoms with Crippen LogP contribution >= 0.6 is 24.0 Å². The SMILES string of the molecule is CN=C(NCc1ccc(C#N)cc1)N(C)Cc1ncc(-c2ccccc2)[nH]1.I. The molecule has 28 heavy (non-hydrogen) atoms. The molecule has 0 saturated heterocycles. The van der Waals surface area contributed by atoms with Crippen LogP contribution in [0.5, 0.6) is 0 Å². The van der Waals surface area contributed by atoms with Gasteiger partial charge in [-0.05, 0) is 23.3 Å². The molecule has 2 N–H and O–H groups in total. The number of aromatic amines is 1. The maximum atomic E-state index is 8.87. The number of hydrogen-bond donors (Lipinski definition) is 2. The number of rotatable bonds is 5. The highest BCUT2D eigenvalue weighted by Gasteiger charge is 2.10. The number of nitriles is 1. The van der Waals surface area contributed by atoms with Crippen molar-refractivity contribution in [2.24, 2.45) is 4.99 Å². The smallest absolute Gasteiger partial charge is 0.194 e. The molecule has 0 bridgehead atoms. The molecule has 1 heterocycles. The molecule has 1 aromatic heterocycles. The molecule has 0 atom stereocenters. The number of imidazole rings is 1. The van der Waals surface area contributed by atoms with Gasteiger partial charge in [0.1, 0.15) is 5.82 Å². The van der Waals surface area contributed by atoms with E-state index >= 15 is 0 Å². The standard InChI is InChI=1S/C21H22N6.HI/c1-23-21(25-13-17-10-8-16(12-22)9-11-17)27(2)15-20-24-14-19(26-20)18-6-4-3-5-7-18;/h3-11,14H,13,15H2,1-2H3,(H,23,25)(H,24,26);1H. The molecular formula is C21H23IN6. The van der Waals surface area contributed by atoms with Crippen LogP contribution in [0, 0.1) is 11.3 Å². The first kappa shape index (κ1) is 21.4. The normalized spacial score (nSPS) is 10.7. The Hall–Kier alpha value is -2.86. The predicted molar refractivity (Wildman–Crippen MR) is 122 cm³/mol. The van der Waals surface area contributed by atoms with Crippen molar-refractivity contribution in [2.75, 3.05) is 14.1 Å². The molecule has 3 aromatic rings. The Morgan fingerprint density at radius 1 is 1.18 bits per heavy atom. The van der Waals surface area contributed by atoms with Gasteiger partial charge in [-0.2, -0.15) is 5.26 Å². The van der Waals surface area contributed by atoms with Crippen LogP contribution < -0.4 is 5.32 Å². The van der Waals surface area contributed by atoms with Crippen molar-refractivity contribution in [1.29, 1.82) is 5.26 Å². The number of H-pyrrole nitrogens is 1. The number of nitrogens with one attached hydrogen (secondary N) is 2. The Balaban J connectivity index is 0.00000280. The quantitative estimate of drug-likeness (QED) is 0.327. The van der Waals surface area contributed by atoms with E-state index in [0.717, 1.165) is 28.6 Å². The Morgan fingerprint density at radius 3 is 2.54 bits per heavy atom. The van der Waals surface area contributed by atoms with Gasteiger partial charge in [-0.25, -0.2) is 4.98 Å². The zero-order valence-electron chi connectivity index (χ0n) is 15.9. The number of benzene rings is 2. The van der Waals surface area contributed by atoms with E-state index in [1.807, 2.05) is 60.6 Å². The van der Waals surface area contributed by atoms with Crippen LogP contribution in [0.1, 0.15) is 17.0 Å². The van der Waals surface area contributed by atoms with Crippen molar-refractivity contribution in [3.63, 3.8) is 0 Å². The number of hydrogen-bond acceptors (Lipinski definition) is 3. The van der Waals surface area contributed by atoms with Crippen LogP contribution in [0.4, 0.5) is 0 Å². The first-order valence-corrected chi connectivity index (χ1v) is 8.69. The highest BCUT2D eigenvalue weighted by atomic mass is 127. The van der Waals surface area contributed by atoms with Crippen molar-refractivity contribution in [1.82, 2.24) is 20.2 Å². The zero-order chi connectivity index (χ0) is 19.1. The van der Waals surface area contributed by atoms with Crippen molar-refractivity contribution in [3.8, 4) is 17.3 Å². The van der Waals surface area contributed by atoms with Gasteiger partial charge in [-0.1, -0.05) is 42.5 Å². The van der Waals surface area contributed by atoms with Crippen LogP contribution in [-0.4, -0.2) is 34.9 Å². The monoisotopic (exact) mass is 486 g/mol. The van der Waals surface area contributed by atoms with Crippen LogP contribution in [0.3, 0.4) is 0 Å². The fourth-order valence-corrected chi connectivity index (χ4v) is 2.77. The first-order chi connectivity index (χ1) is 13.2. The molecular weight excluding hydrogens is 463 g/mol. The topological polar surface area (TPSA) is 80.1 Å². The average molecular weight is 486 g/mol. The van der Waals surface area contributed by atoms with Gasteiger partial charge in [0.05, 0.1) is 30.1 Å². The van der Waals surface area contributed by atoms with E-state index in [1.54, 1.807) is 7.05 Å². The summed E-state index contributed by atoms with van der Waals surface area (Å²) in [6, 6.07) is 19.8. The van der Waals surface area contributed by atoms with Crippen LogP contribution in [0.25, 0.3) is 11.3 Å². The van der Waals surface area contributed by atoms with Gasteiger partial charge in [0, 0.05) is 20.6 Å². The van der Waals surface area contributed by atoms with Gasteiger partial charge < -0.3 is 15.2 Å². The molecule has 0 fully saturated rings. The fraction of sp³-hybridized carbons (Fsp3) is 0.190. The first-order valence-electron chi connectivity index (χ1n) is 8.69. The minimum Gasteiger partial charge on any atom is -0.352 e. The lowest BCUT2D eigenvalue weighted by Gasteiger charge is -2.21. The van der Waals surface area contributed by atoms with Crippen molar-refractivity contribution >= 4 is 29.9 Å². The van der Waals surface area contributed by atoms with Gasteiger partial charge in [0.15, 0.2) is 5.96 Å². The van der Waals surface area contributed by atoms with Crippen LogP contribution in [-0.2, 0) is 13.1 Å². The summed E-state index contributed by atoms with van der Waals surface area (Å²) >= 11 is 0. The molecule has 144 valence electrons. The second kappa shape index (κ2) is 10.5. The maximum absolute atomic E-state index is 8.87. The Bertz CT molecular complexity index is 941. The zero-order valence-corrected chi connectivity index (χ0v) is 18.2. The third kappa shape index (κ3) is 5.57. The van der Waals surface area contributed by atoms with Gasteiger partial charge in [0.2, 0.25) is 0 Å². The van der Waals surface area contributed by atoms with E-state index in [0.29, 0.717) is 18.7 Å². The number of halogens is 1. The number of nitrogens with zero attached hydrogens (tertiary/aromatic N) is 4. The number of aromatic nitrogens is 2. The van der Waals surface area contributed by atoms with Crippen LogP contribution in [0.15, 0.2) is 65.8 Å². The lowest BCUT2D eigenvalue weighted by atomic mass is 10.1. The lowest BCUT2D eigenvalue weighted by Crippen LogP contribution is -2.38. The largest absolute Gasteiger partial charge is 0.352 e. The molecule has 2 aromatic carbocycles. The highest BCUT2D eigenvalue weighted by molar-refractivity contribution is 14.0. The highest BCUT2D eigenvalue weighted by Crippen LogP contribution is 2.16. The molecule has 0 aliphatic carbocycles. The van der Waals surface area contributed by atoms with E-state index in [2.05, 4.69) is 38.5 Å². The molecule has 6 nitrogen and oxygen atoms in total. The van der Waals surface area contributed by atoms with Crippen molar-refractivity contribution < 1.29 is 0 Å². The van der Waals surface area contributed by atoms with Gasteiger partial charge in [-0.15, -0.1) is 24.0 Å². The molecule has 7 heteroatoms. The van der Waals surface area contributed by atoms with Gasteiger partial charge >= 0.3 is 0 Å². The molecule has 0 amide bonds. The average Bonchev–Trinajstić information content (AvgIpc) is 3.18. The summed E-state index contributed by atoms with van der Waals surface area (Å²) in [6.07, 6.45) is 1.85. The predicted octanol–water partition coefficient (Wildman–Crippen LogP) is 3.77.